The van der Waals surface area contributed by atoms with Gasteiger partial charge in [0.05, 0.1) is 0 Å². The molecule has 1 aromatic rings. The van der Waals surface area contributed by atoms with Crippen molar-refractivity contribution in [2.45, 2.75) is 84.7 Å². The molecule has 3 rings (SSSR count). The summed E-state index contributed by atoms with van der Waals surface area (Å²) in [5.74, 6) is -0.264. The fraction of sp³-hybridized carbons (Fsp3) is 0.727. The van der Waals surface area contributed by atoms with Crippen LogP contribution in [-0.4, -0.2) is 109 Å². The Morgan fingerprint density at radius 3 is 2.30 bits per heavy atom. The number of carbonyl (C=O) groups excluding carboxylic acids is 1. The van der Waals surface area contributed by atoms with Crippen LogP contribution in [0.2, 0.25) is 0 Å². The summed E-state index contributed by atoms with van der Waals surface area (Å²) in [7, 11) is 6.83. The molecule has 1 aromatic heterocycles. The molecule has 2 N–H and O–H groups in total. The second kappa shape index (κ2) is 17.6. The number of hydrogen-bond donors (Lipinski definition) is 2. The quantitative estimate of drug-likeness (QED) is 0.211. The molecule has 4 unspecified atom stereocenters. The lowest BCUT2D eigenvalue weighted by Gasteiger charge is -2.53. The molecule has 3 heterocycles. The van der Waals surface area contributed by atoms with Gasteiger partial charge in [0.1, 0.15) is 11.6 Å². The molecule has 2 fully saturated rings. The first-order chi connectivity index (χ1) is 21.7. The number of nitrogens with zero attached hydrogens (tertiary/aromatic N) is 6. The lowest BCUT2D eigenvalue weighted by Crippen LogP contribution is -2.68. The van der Waals surface area contributed by atoms with Gasteiger partial charge in [-0.2, -0.15) is 13.2 Å². The van der Waals surface area contributed by atoms with Crippen molar-refractivity contribution < 1.29 is 18.0 Å². The van der Waals surface area contributed by atoms with E-state index in [0.29, 0.717) is 50.3 Å². The van der Waals surface area contributed by atoms with Gasteiger partial charge in [-0.15, -0.1) is 9.24 Å². The molecule has 0 aromatic carbocycles. The van der Waals surface area contributed by atoms with Crippen molar-refractivity contribution in [3.05, 3.63) is 35.8 Å². The van der Waals surface area contributed by atoms with Gasteiger partial charge in [0.2, 0.25) is 11.7 Å². The van der Waals surface area contributed by atoms with Crippen LogP contribution in [0.15, 0.2) is 30.0 Å². The number of anilines is 2. The molecule has 2 aliphatic heterocycles. The van der Waals surface area contributed by atoms with Gasteiger partial charge in [-0.1, -0.05) is 34.3 Å². The van der Waals surface area contributed by atoms with Crippen LogP contribution in [0.25, 0.3) is 0 Å². The lowest BCUT2D eigenvalue weighted by atomic mass is 9.90. The van der Waals surface area contributed by atoms with Gasteiger partial charge >= 0.3 is 6.18 Å². The molecule has 0 radical (unpaired) electrons. The van der Waals surface area contributed by atoms with Crippen molar-refractivity contribution in [1.29, 1.82) is 0 Å². The van der Waals surface area contributed by atoms with E-state index in [4.69, 9.17) is 0 Å². The first-order valence-corrected chi connectivity index (χ1v) is 17.2. The molecule has 4 atom stereocenters. The molecular weight excluding hydrogens is 612 g/mol. The topological polar surface area (TPSA) is 79.9 Å². The zero-order valence-corrected chi connectivity index (χ0v) is 30.6. The third kappa shape index (κ3) is 9.80. The van der Waals surface area contributed by atoms with Crippen molar-refractivity contribution in [3.63, 3.8) is 0 Å². The average molecular weight is 671 g/mol. The maximum atomic E-state index is 14.0. The summed E-state index contributed by atoms with van der Waals surface area (Å²) < 4.78 is 42.0. The van der Waals surface area contributed by atoms with Gasteiger partial charge in [-0.25, -0.2) is 9.97 Å². The van der Waals surface area contributed by atoms with E-state index in [1.54, 1.807) is 11.0 Å². The van der Waals surface area contributed by atoms with Gasteiger partial charge < -0.3 is 25.3 Å². The normalized spacial score (nSPS) is 20.7. The third-order valence-electron chi connectivity index (χ3n) is 8.91. The lowest BCUT2D eigenvalue weighted by molar-refractivity contribution is -0.144. The second-order valence-electron chi connectivity index (χ2n) is 12.4. The van der Waals surface area contributed by atoms with E-state index < -0.39 is 12.0 Å². The number of alkyl halides is 3. The fourth-order valence-electron chi connectivity index (χ4n) is 6.44. The molecule has 1 amide bonds. The number of amides is 1. The Labute approximate surface area is 277 Å². The van der Waals surface area contributed by atoms with Crippen molar-refractivity contribution in [1.82, 2.24) is 30.4 Å². The molecule has 2 saturated heterocycles. The van der Waals surface area contributed by atoms with E-state index in [0.717, 1.165) is 32.5 Å². The molecule has 9 nitrogen and oxygen atoms in total. The molecule has 13 heteroatoms. The van der Waals surface area contributed by atoms with Crippen LogP contribution in [0.4, 0.5) is 24.8 Å². The summed E-state index contributed by atoms with van der Waals surface area (Å²) in [5.41, 5.74) is 2.49. The largest absolute Gasteiger partial charge is 0.451 e. The van der Waals surface area contributed by atoms with Crippen molar-refractivity contribution in [2.24, 2.45) is 5.92 Å². The van der Waals surface area contributed by atoms with E-state index >= 15 is 0 Å². The first-order valence-electron chi connectivity index (χ1n) is 16.7. The van der Waals surface area contributed by atoms with E-state index in [1.165, 1.54) is 17.3 Å². The summed E-state index contributed by atoms with van der Waals surface area (Å²) in [6.07, 6.45) is -1.73. The monoisotopic (exact) mass is 670 g/mol. The highest BCUT2D eigenvalue weighted by Crippen LogP contribution is 2.36. The summed E-state index contributed by atoms with van der Waals surface area (Å²) in [6.45, 7) is 23.2. The minimum Gasteiger partial charge on any atom is -0.391 e. The van der Waals surface area contributed by atoms with Crippen LogP contribution in [0.3, 0.4) is 0 Å². The van der Waals surface area contributed by atoms with Crippen LogP contribution < -0.4 is 20.4 Å². The summed E-state index contributed by atoms with van der Waals surface area (Å²) in [6, 6.07) is 1.86. The Morgan fingerprint density at radius 2 is 1.83 bits per heavy atom. The average Bonchev–Trinajstić information content (AvgIpc) is 3.02. The number of allylic oxidation sites excluding steroid dienone is 1. The van der Waals surface area contributed by atoms with Gasteiger partial charge in [0.25, 0.3) is 0 Å². The minimum absolute atomic E-state index is 0.0203. The van der Waals surface area contributed by atoms with Crippen LogP contribution in [-0.2, 0) is 11.0 Å². The van der Waals surface area contributed by atoms with Crippen molar-refractivity contribution in [2.75, 3.05) is 76.3 Å². The highest BCUT2D eigenvalue weighted by atomic mass is 31.0. The van der Waals surface area contributed by atoms with E-state index in [1.807, 2.05) is 51.6 Å². The SMILES string of the molecule is C=CC(=O)N1CCN(C2CN(c3cc(N(CC)CCC/C(=C(/NC)C(C)(P)CNC)C(C)C)nc(C(F)(F)F)n3)C2C)CC1.CC. The van der Waals surface area contributed by atoms with Crippen LogP contribution in [0.5, 0.6) is 0 Å². The molecule has 0 aliphatic carbocycles. The molecule has 262 valence electrons. The Kier molecular flexibility index (Phi) is 15.2. The second-order valence-corrected chi connectivity index (χ2v) is 13.6. The predicted octanol–water partition coefficient (Wildman–Crippen LogP) is 5.02. The van der Waals surface area contributed by atoms with Gasteiger partial charge in [0, 0.05) is 88.4 Å². The Morgan fingerprint density at radius 1 is 1.20 bits per heavy atom. The smallest absolute Gasteiger partial charge is 0.391 e. The van der Waals surface area contributed by atoms with Gasteiger partial charge in [-0.05, 0) is 58.2 Å². The molecule has 0 saturated carbocycles. The molecule has 0 spiro atoms. The zero-order valence-electron chi connectivity index (χ0n) is 29.5. The molecule has 46 heavy (non-hydrogen) atoms. The Balaban J connectivity index is 0.00000361. The number of aromatic nitrogens is 2. The van der Waals surface area contributed by atoms with Crippen molar-refractivity contribution in [3.8, 4) is 0 Å². The van der Waals surface area contributed by atoms with E-state index in [-0.39, 0.29) is 23.1 Å². The molecule has 2 aliphatic rings. The van der Waals surface area contributed by atoms with Crippen LogP contribution in [0.1, 0.15) is 67.1 Å². The summed E-state index contributed by atoms with van der Waals surface area (Å²) in [5, 5.41) is 6.51. The Hall–Kier alpha value is -2.43. The maximum Gasteiger partial charge on any atom is 0.451 e. The van der Waals surface area contributed by atoms with Gasteiger partial charge in [-0.3, -0.25) is 9.69 Å². The molecular formula is C33H58F3N8OP. The minimum atomic E-state index is -4.66. The zero-order chi connectivity index (χ0) is 34.8. The fourth-order valence-corrected chi connectivity index (χ4v) is 6.97. The van der Waals surface area contributed by atoms with Crippen LogP contribution >= 0.6 is 9.24 Å². The number of nitrogens with one attached hydrogen (secondary N) is 2. The predicted molar refractivity (Wildman–Crippen MR) is 187 cm³/mol. The number of rotatable bonds is 14. The third-order valence-corrected chi connectivity index (χ3v) is 9.40. The highest BCUT2D eigenvalue weighted by Gasteiger charge is 2.43. The summed E-state index contributed by atoms with van der Waals surface area (Å²) in [4.78, 5) is 27.9. The van der Waals surface area contributed by atoms with Crippen LogP contribution in [0, 0.1) is 5.92 Å². The molecule has 0 bridgehead atoms. The number of carbonyl (C=O) groups is 1. The standard InChI is InChI=1S/C31H52F3N8OP.C2H6/c1-9-27(43)41-16-14-40(15-17-41)24-19-42(22(24)5)26-18-25(37-29(38-26)31(32,33)34)39(10-2)13-11-12-23(21(3)4)28(36-8)30(6,44)20-35-7;1-2/h9,18,21-22,24,35-36H,1,10-17,19-20,44H2,2-8H3;1-2H3/b28-23-;. The van der Waals surface area contributed by atoms with E-state index in [9.17, 15) is 18.0 Å². The highest BCUT2D eigenvalue weighted by molar-refractivity contribution is 7.19. The van der Waals surface area contributed by atoms with E-state index in [2.05, 4.69) is 62.1 Å². The Bertz CT molecular complexity index is 1170. The summed E-state index contributed by atoms with van der Waals surface area (Å²) >= 11 is 0. The number of halogens is 3. The van der Waals surface area contributed by atoms with Crippen molar-refractivity contribution >= 4 is 26.8 Å². The van der Waals surface area contributed by atoms with Gasteiger partial charge in [0.15, 0.2) is 0 Å². The maximum absolute atomic E-state index is 14.0. The first kappa shape index (κ1) is 39.7. The number of piperazine rings is 1. The number of hydrogen-bond acceptors (Lipinski definition) is 8.